The molecule has 16 heavy (non-hydrogen) atoms. The molecular weight excluding hydrogens is 204 g/mol. The fraction of sp³-hybridized carbons (Fsp3) is 0.727. The Morgan fingerprint density at radius 2 is 2.31 bits per heavy atom. The summed E-state index contributed by atoms with van der Waals surface area (Å²) in [6.07, 6.45) is 4.42. The molecule has 2 rings (SSSR count). The van der Waals surface area contributed by atoms with Gasteiger partial charge in [-0.3, -0.25) is 9.89 Å². The molecule has 0 bridgehead atoms. The molecule has 5 heteroatoms. The Morgan fingerprint density at radius 1 is 1.56 bits per heavy atom. The number of amides is 1. The van der Waals surface area contributed by atoms with Crippen LogP contribution < -0.4 is 5.32 Å². The van der Waals surface area contributed by atoms with Gasteiger partial charge in [-0.25, -0.2) is 4.98 Å². The highest BCUT2D eigenvalue weighted by atomic mass is 16.2. The van der Waals surface area contributed by atoms with Crippen molar-refractivity contribution >= 4 is 5.91 Å². The lowest BCUT2D eigenvalue weighted by Gasteiger charge is -2.38. The standard InChI is InChI=1S/C11H18N4O/c1-3-8-13-9(15-14-8)10(16)12-7-11(2)5-4-6-11/h3-7H2,1-2H3,(H,12,16)(H,13,14,15). The van der Waals surface area contributed by atoms with E-state index >= 15 is 0 Å². The van der Waals surface area contributed by atoms with E-state index in [0.29, 0.717) is 5.41 Å². The van der Waals surface area contributed by atoms with Crippen molar-refractivity contribution in [2.45, 2.75) is 39.5 Å². The molecule has 0 radical (unpaired) electrons. The maximum Gasteiger partial charge on any atom is 0.290 e. The molecule has 88 valence electrons. The van der Waals surface area contributed by atoms with Gasteiger partial charge in [0.2, 0.25) is 5.82 Å². The van der Waals surface area contributed by atoms with Crippen LogP contribution in [0.2, 0.25) is 0 Å². The number of carbonyl (C=O) groups is 1. The van der Waals surface area contributed by atoms with Gasteiger partial charge in [-0.05, 0) is 18.3 Å². The smallest absolute Gasteiger partial charge is 0.290 e. The van der Waals surface area contributed by atoms with Crippen LogP contribution in [0.25, 0.3) is 0 Å². The zero-order valence-electron chi connectivity index (χ0n) is 9.84. The summed E-state index contributed by atoms with van der Waals surface area (Å²) in [5, 5.41) is 9.52. The molecule has 2 N–H and O–H groups in total. The van der Waals surface area contributed by atoms with Gasteiger partial charge in [-0.1, -0.05) is 20.3 Å². The molecular formula is C11H18N4O. The maximum absolute atomic E-state index is 11.7. The van der Waals surface area contributed by atoms with Gasteiger partial charge in [0, 0.05) is 13.0 Å². The van der Waals surface area contributed by atoms with Gasteiger partial charge in [0.15, 0.2) is 0 Å². The van der Waals surface area contributed by atoms with Crippen LogP contribution in [0, 0.1) is 5.41 Å². The molecule has 1 aliphatic carbocycles. The Bertz CT molecular complexity index is 381. The monoisotopic (exact) mass is 222 g/mol. The molecule has 1 aromatic heterocycles. The van der Waals surface area contributed by atoms with Crippen LogP contribution in [0.15, 0.2) is 0 Å². The number of carbonyl (C=O) groups excluding carboxylic acids is 1. The zero-order chi connectivity index (χ0) is 11.6. The van der Waals surface area contributed by atoms with E-state index in [0.717, 1.165) is 18.8 Å². The van der Waals surface area contributed by atoms with E-state index < -0.39 is 0 Å². The van der Waals surface area contributed by atoms with Crippen LogP contribution >= 0.6 is 0 Å². The molecule has 0 atom stereocenters. The van der Waals surface area contributed by atoms with E-state index in [4.69, 9.17) is 0 Å². The van der Waals surface area contributed by atoms with E-state index in [1.54, 1.807) is 0 Å². The van der Waals surface area contributed by atoms with Crippen molar-refractivity contribution in [2.24, 2.45) is 5.41 Å². The highest BCUT2D eigenvalue weighted by molar-refractivity contribution is 5.90. The average molecular weight is 222 g/mol. The number of aryl methyl sites for hydroxylation is 1. The first kappa shape index (κ1) is 11.1. The molecule has 1 amide bonds. The zero-order valence-corrected chi connectivity index (χ0v) is 9.84. The number of nitrogens with one attached hydrogen (secondary N) is 2. The number of aromatic nitrogens is 3. The van der Waals surface area contributed by atoms with Crippen molar-refractivity contribution in [3.8, 4) is 0 Å². The minimum absolute atomic E-state index is 0.177. The maximum atomic E-state index is 11.7. The van der Waals surface area contributed by atoms with E-state index in [1.165, 1.54) is 19.3 Å². The molecule has 1 fully saturated rings. The highest BCUT2D eigenvalue weighted by Crippen LogP contribution is 2.39. The van der Waals surface area contributed by atoms with E-state index in [1.807, 2.05) is 6.92 Å². The average Bonchev–Trinajstić information content (AvgIpc) is 2.71. The topological polar surface area (TPSA) is 70.7 Å². The highest BCUT2D eigenvalue weighted by Gasteiger charge is 2.32. The first-order valence-corrected chi connectivity index (χ1v) is 5.82. The number of nitrogens with zero attached hydrogens (tertiary/aromatic N) is 2. The summed E-state index contributed by atoms with van der Waals surface area (Å²) in [7, 11) is 0. The normalized spacial score (nSPS) is 17.9. The molecule has 5 nitrogen and oxygen atoms in total. The van der Waals surface area contributed by atoms with Crippen molar-refractivity contribution in [2.75, 3.05) is 6.54 Å². The second-order valence-corrected chi connectivity index (χ2v) is 4.81. The summed E-state index contributed by atoms with van der Waals surface area (Å²) < 4.78 is 0. The van der Waals surface area contributed by atoms with Crippen LogP contribution in [0.4, 0.5) is 0 Å². The van der Waals surface area contributed by atoms with Gasteiger partial charge in [0.05, 0.1) is 0 Å². The summed E-state index contributed by atoms with van der Waals surface area (Å²) in [5.41, 5.74) is 0.291. The van der Waals surface area contributed by atoms with Crippen LogP contribution in [0.3, 0.4) is 0 Å². The van der Waals surface area contributed by atoms with Crippen molar-refractivity contribution in [1.29, 1.82) is 0 Å². The van der Waals surface area contributed by atoms with Gasteiger partial charge in [-0.15, -0.1) is 5.10 Å². The Morgan fingerprint density at radius 3 is 2.81 bits per heavy atom. The predicted molar refractivity (Wildman–Crippen MR) is 60.1 cm³/mol. The number of hydrogen-bond acceptors (Lipinski definition) is 3. The van der Waals surface area contributed by atoms with E-state index in [9.17, 15) is 4.79 Å². The van der Waals surface area contributed by atoms with Gasteiger partial charge in [-0.2, -0.15) is 0 Å². The van der Waals surface area contributed by atoms with E-state index in [-0.39, 0.29) is 11.7 Å². The number of rotatable bonds is 4. The second kappa shape index (κ2) is 4.23. The van der Waals surface area contributed by atoms with Crippen molar-refractivity contribution in [3.63, 3.8) is 0 Å². The van der Waals surface area contributed by atoms with Crippen LogP contribution in [0.1, 0.15) is 49.6 Å². The third kappa shape index (κ3) is 2.23. The third-order valence-electron chi connectivity index (χ3n) is 3.31. The molecule has 0 aliphatic heterocycles. The summed E-state index contributed by atoms with van der Waals surface area (Å²) in [5.74, 6) is 0.823. The molecule has 1 aliphatic rings. The summed E-state index contributed by atoms with van der Waals surface area (Å²) in [6.45, 7) is 4.89. The Hall–Kier alpha value is -1.39. The molecule has 1 heterocycles. The van der Waals surface area contributed by atoms with E-state index in [2.05, 4.69) is 27.4 Å². The molecule has 1 aromatic rings. The van der Waals surface area contributed by atoms with Gasteiger partial charge >= 0.3 is 0 Å². The molecule has 0 unspecified atom stereocenters. The van der Waals surface area contributed by atoms with Gasteiger partial charge in [0.1, 0.15) is 5.82 Å². The fourth-order valence-electron chi connectivity index (χ4n) is 1.88. The fourth-order valence-corrected chi connectivity index (χ4v) is 1.88. The minimum Gasteiger partial charge on any atom is -0.349 e. The summed E-state index contributed by atoms with van der Waals surface area (Å²) in [6, 6.07) is 0. The molecule has 0 aromatic carbocycles. The predicted octanol–water partition coefficient (Wildman–Crippen LogP) is 1.29. The second-order valence-electron chi connectivity index (χ2n) is 4.81. The largest absolute Gasteiger partial charge is 0.349 e. The first-order chi connectivity index (χ1) is 7.63. The van der Waals surface area contributed by atoms with Crippen molar-refractivity contribution in [1.82, 2.24) is 20.5 Å². The number of hydrogen-bond donors (Lipinski definition) is 2. The Balaban J connectivity index is 1.87. The Kier molecular flexibility index (Phi) is 2.94. The number of H-pyrrole nitrogens is 1. The molecule has 0 saturated heterocycles. The van der Waals surface area contributed by atoms with Gasteiger partial charge in [0.25, 0.3) is 5.91 Å². The lowest BCUT2D eigenvalue weighted by atomic mass is 9.70. The van der Waals surface area contributed by atoms with Crippen molar-refractivity contribution in [3.05, 3.63) is 11.6 Å². The summed E-state index contributed by atoms with van der Waals surface area (Å²) in [4.78, 5) is 15.8. The molecule has 0 spiro atoms. The summed E-state index contributed by atoms with van der Waals surface area (Å²) >= 11 is 0. The molecule has 1 saturated carbocycles. The van der Waals surface area contributed by atoms with Gasteiger partial charge < -0.3 is 5.32 Å². The van der Waals surface area contributed by atoms with Crippen LogP contribution in [-0.2, 0) is 6.42 Å². The van der Waals surface area contributed by atoms with Crippen molar-refractivity contribution < 1.29 is 4.79 Å². The van der Waals surface area contributed by atoms with Crippen LogP contribution in [0.5, 0.6) is 0 Å². The SMILES string of the molecule is CCc1nc(C(=O)NCC2(C)CCC2)n[nH]1. The lowest BCUT2D eigenvalue weighted by molar-refractivity contribution is 0.0881. The lowest BCUT2D eigenvalue weighted by Crippen LogP contribution is -2.40. The Labute approximate surface area is 95.0 Å². The quantitative estimate of drug-likeness (QED) is 0.806. The van der Waals surface area contributed by atoms with Crippen LogP contribution in [-0.4, -0.2) is 27.6 Å². The third-order valence-corrected chi connectivity index (χ3v) is 3.31. The number of aromatic amines is 1. The minimum atomic E-state index is -0.177. The first-order valence-electron chi connectivity index (χ1n) is 5.82.